The molecule has 2 atom stereocenters. The number of hydrogen-bond donors (Lipinski definition) is 2. The molecule has 0 aromatic carbocycles. The SMILES string of the molecule is C[C@@H]1[C@H](NC(=O)c2ccc(-c3cccnc3)[nH]2)C2CCN1CC2. The number of carbonyl (C=O) groups is 1. The Balaban J connectivity index is 1.49. The van der Waals surface area contributed by atoms with Gasteiger partial charge in [0.2, 0.25) is 0 Å². The highest BCUT2D eigenvalue weighted by atomic mass is 16.2. The van der Waals surface area contributed by atoms with Crippen molar-refractivity contribution in [1.82, 2.24) is 20.2 Å². The van der Waals surface area contributed by atoms with Crippen LogP contribution < -0.4 is 5.32 Å². The standard InChI is InChI=1S/C18H22N4O/c1-12-17(13-6-9-22(12)10-7-13)21-18(23)16-5-4-15(20-16)14-3-2-8-19-11-14/h2-5,8,11-13,17,20H,6-7,9-10H2,1H3,(H,21,23)/t12-,17+/m1/s1. The van der Waals surface area contributed by atoms with Crippen molar-refractivity contribution >= 4 is 5.91 Å². The van der Waals surface area contributed by atoms with E-state index in [4.69, 9.17) is 0 Å². The minimum Gasteiger partial charge on any atom is -0.351 e. The number of pyridine rings is 1. The number of H-pyrrole nitrogens is 1. The molecule has 0 saturated carbocycles. The van der Waals surface area contributed by atoms with Crippen molar-refractivity contribution < 1.29 is 4.79 Å². The number of amides is 1. The number of hydrogen-bond acceptors (Lipinski definition) is 3. The van der Waals surface area contributed by atoms with Gasteiger partial charge in [-0.3, -0.25) is 14.7 Å². The van der Waals surface area contributed by atoms with Crippen LogP contribution in [0.4, 0.5) is 0 Å². The van der Waals surface area contributed by atoms with Gasteiger partial charge >= 0.3 is 0 Å². The molecule has 3 aliphatic heterocycles. The Kier molecular flexibility index (Phi) is 3.65. The van der Waals surface area contributed by atoms with Gasteiger partial charge in [-0.05, 0) is 63.0 Å². The molecule has 0 spiro atoms. The predicted molar refractivity (Wildman–Crippen MR) is 89.0 cm³/mol. The fourth-order valence-electron chi connectivity index (χ4n) is 3.99. The Labute approximate surface area is 136 Å². The Bertz CT molecular complexity index is 686. The van der Waals surface area contributed by atoms with E-state index in [2.05, 4.69) is 27.1 Å². The average molecular weight is 310 g/mol. The third kappa shape index (κ3) is 2.65. The third-order valence-corrected chi connectivity index (χ3v) is 5.38. The number of rotatable bonds is 3. The smallest absolute Gasteiger partial charge is 0.267 e. The fraction of sp³-hybridized carbons (Fsp3) is 0.444. The molecule has 2 aromatic rings. The van der Waals surface area contributed by atoms with Gasteiger partial charge in [-0.2, -0.15) is 0 Å². The Hall–Kier alpha value is -2.14. The number of aromatic nitrogens is 2. The van der Waals surface area contributed by atoms with Crippen LogP contribution in [0.3, 0.4) is 0 Å². The van der Waals surface area contributed by atoms with Crippen molar-refractivity contribution in [2.75, 3.05) is 13.1 Å². The van der Waals surface area contributed by atoms with Crippen molar-refractivity contribution in [3.05, 3.63) is 42.4 Å². The van der Waals surface area contributed by atoms with E-state index >= 15 is 0 Å². The molecule has 0 aliphatic carbocycles. The first-order chi connectivity index (χ1) is 11.2. The van der Waals surface area contributed by atoms with E-state index in [1.165, 1.54) is 25.9 Å². The second kappa shape index (κ2) is 5.81. The van der Waals surface area contributed by atoms with E-state index in [1.807, 2.05) is 24.3 Å². The second-order valence-corrected chi connectivity index (χ2v) is 6.64. The molecule has 0 radical (unpaired) electrons. The summed E-state index contributed by atoms with van der Waals surface area (Å²) in [5.41, 5.74) is 2.53. The fourth-order valence-corrected chi connectivity index (χ4v) is 3.99. The largest absolute Gasteiger partial charge is 0.351 e. The normalized spacial score (nSPS) is 29.4. The summed E-state index contributed by atoms with van der Waals surface area (Å²) in [5, 5.41) is 3.25. The molecule has 2 bridgehead atoms. The molecular formula is C18H22N4O. The van der Waals surface area contributed by atoms with E-state index in [9.17, 15) is 4.79 Å². The van der Waals surface area contributed by atoms with Crippen LogP contribution in [-0.2, 0) is 0 Å². The molecule has 5 rings (SSSR count). The van der Waals surface area contributed by atoms with Crippen LogP contribution in [-0.4, -0.2) is 45.9 Å². The lowest BCUT2D eigenvalue weighted by atomic mass is 9.79. The molecule has 5 heteroatoms. The summed E-state index contributed by atoms with van der Waals surface area (Å²) in [4.78, 5) is 22.4. The minimum atomic E-state index is -0.00857. The Morgan fingerprint density at radius 1 is 1.30 bits per heavy atom. The first-order valence-electron chi connectivity index (χ1n) is 8.37. The highest BCUT2D eigenvalue weighted by Gasteiger charge is 2.40. The molecule has 5 nitrogen and oxygen atoms in total. The van der Waals surface area contributed by atoms with Gasteiger partial charge in [-0.25, -0.2) is 0 Å². The zero-order valence-electron chi connectivity index (χ0n) is 13.3. The van der Waals surface area contributed by atoms with Crippen LogP contribution >= 0.6 is 0 Å². The van der Waals surface area contributed by atoms with Crippen molar-refractivity contribution in [3.8, 4) is 11.3 Å². The molecule has 0 unspecified atom stereocenters. The predicted octanol–water partition coefficient (Wildman–Crippen LogP) is 2.29. The van der Waals surface area contributed by atoms with Crippen molar-refractivity contribution in [3.63, 3.8) is 0 Å². The second-order valence-electron chi connectivity index (χ2n) is 6.64. The molecular weight excluding hydrogens is 288 g/mol. The number of carbonyl (C=O) groups excluding carboxylic acids is 1. The number of nitrogens with one attached hydrogen (secondary N) is 2. The van der Waals surface area contributed by atoms with Crippen LogP contribution in [0, 0.1) is 5.92 Å². The van der Waals surface area contributed by atoms with Gasteiger partial charge in [-0.15, -0.1) is 0 Å². The topological polar surface area (TPSA) is 61.0 Å². The van der Waals surface area contributed by atoms with Gasteiger partial charge < -0.3 is 10.3 Å². The summed E-state index contributed by atoms with van der Waals surface area (Å²) < 4.78 is 0. The molecule has 3 fully saturated rings. The number of aromatic amines is 1. The zero-order valence-corrected chi connectivity index (χ0v) is 13.3. The zero-order chi connectivity index (χ0) is 15.8. The first kappa shape index (κ1) is 14.5. The molecule has 5 heterocycles. The summed E-state index contributed by atoms with van der Waals surface area (Å²) in [6.07, 6.45) is 5.93. The van der Waals surface area contributed by atoms with Crippen LogP contribution in [0.25, 0.3) is 11.3 Å². The van der Waals surface area contributed by atoms with Gasteiger partial charge in [0.1, 0.15) is 5.69 Å². The molecule has 3 aliphatic rings. The number of piperidine rings is 3. The van der Waals surface area contributed by atoms with Gasteiger partial charge in [-0.1, -0.05) is 0 Å². The molecule has 23 heavy (non-hydrogen) atoms. The van der Waals surface area contributed by atoms with Crippen molar-refractivity contribution in [2.45, 2.75) is 31.8 Å². The average Bonchev–Trinajstić information content (AvgIpc) is 3.09. The maximum atomic E-state index is 12.6. The van der Waals surface area contributed by atoms with Crippen LogP contribution in [0.1, 0.15) is 30.3 Å². The lowest BCUT2D eigenvalue weighted by Crippen LogP contribution is -2.62. The lowest BCUT2D eigenvalue weighted by Gasteiger charge is -2.49. The van der Waals surface area contributed by atoms with Crippen LogP contribution in [0.15, 0.2) is 36.7 Å². The Morgan fingerprint density at radius 2 is 2.13 bits per heavy atom. The highest BCUT2D eigenvalue weighted by Crippen LogP contribution is 2.32. The van der Waals surface area contributed by atoms with Gasteiger partial charge in [0, 0.05) is 35.7 Å². The molecule has 120 valence electrons. The number of nitrogens with zero attached hydrogens (tertiary/aromatic N) is 2. The van der Waals surface area contributed by atoms with Gasteiger partial charge in [0.05, 0.1) is 0 Å². The van der Waals surface area contributed by atoms with E-state index < -0.39 is 0 Å². The van der Waals surface area contributed by atoms with Crippen LogP contribution in [0.5, 0.6) is 0 Å². The molecule has 1 amide bonds. The summed E-state index contributed by atoms with van der Waals surface area (Å²) >= 11 is 0. The van der Waals surface area contributed by atoms with E-state index in [-0.39, 0.29) is 11.9 Å². The third-order valence-electron chi connectivity index (χ3n) is 5.38. The van der Waals surface area contributed by atoms with Crippen LogP contribution in [0.2, 0.25) is 0 Å². The van der Waals surface area contributed by atoms with E-state index in [0.717, 1.165) is 11.3 Å². The summed E-state index contributed by atoms with van der Waals surface area (Å²) in [5.74, 6) is 0.609. The van der Waals surface area contributed by atoms with E-state index in [1.54, 1.807) is 12.4 Å². The Morgan fingerprint density at radius 3 is 2.83 bits per heavy atom. The first-order valence-corrected chi connectivity index (χ1v) is 8.37. The highest BCUT2D eigenvalue weighted by molar-refractivity contribution is 5.93. The molecule has 3 saturated heterocycles. The molecule has 2 N–H and O–H groups in total. The maximum absolute atomic E-state index is 12.6. The molecule has 2 aromatic heterocycles. The van der Waals surface area contributed by atoms with Gasteiger partial charge in [0.25, 0.3) is 5.91 Å². The van der Waals surface area contributed by atoms with Crippen molar-refractivity contribution in [2.24, 2.45) is 5.92 Å². The minimum absolute atomic E-state index is 0.00857. The summed E-state index contributed by atoms with van der Waals surface area (Å²) in [6.45, 7) is 4.57. The monoisotopic (exact) mass is 310 g/mol. The van der Waals surface area contributed by atoms with Gasteiger partial charge in [0.15, 0.2) is 0 Å². The summed E-state index contributed by atoms with van der Waals surface area (Å²) in [6, 6.07) is 8.35. The lowest BCUT2D eigenvalue weighted by molar-refractivity contribution is 0.0216. The van der Waals surface area contributed by atoms with E-state index in [0.29, 0.717) is 17.7 Å². The summed E-state index contributed by atoms with van der Waals surface area (Å²) in [7, 11) is 0. The quantitative estimate of drug-likeness (QED) is 0.914. The maximum Gasteiger partial charge on any atom is 0.267 e. The van der Waals surface area contributed by atoms with Crippen molar-refractivity contribution in [1.29, 1.82) is 0 Å². The number of fused-ring (bicyclic) bond motifs is 3.